The second-order valence-corrected chi connectivity index (χ2v) is 5.42. The molecule has 1 aliphatic carbocycles. The number of ether oxygens (including phenoxy) is 1. The summed E-state index contributed by atoms with van der Waals surface area (Å²) in [5, 5.41) is 2.81. The van der Waals surface area contributed by atoms with Crippen LogP contribution in [0, 0.1) is 0 Å². The van der Waals surface area contributed by atoms with Crippen molar-refractivity contribution in [3.05, 3.63) is 0 Å². The Bertz CT molecular complexity index is 212. The maximum absolute atomic E-state index is 11.5. The van der Waals surface area contributed by atoms with Crippen LogP contribution >= 0.6 is 0 Å². The summed E-state index contributed by atoms with van der Waals surface area (Å²) in [5.74, 6) is 0. The van der Waals surface area contributed by atoms with Crippen LogP contribution in [0.25, 0.3) is 0 Å². The Hall–Kier alpha value is -0.730. The van der Waals surface area contributed by atoms with Gasteiger partial charge in [0.15, 0.2) is 0 Å². The standard InChI is InChI=1S/C11H21NO2/c1-10(2,3)12-9(13)14-11(4)7-5-6-8-11/h5-8H2,1-4H3,(H,12,13). The minimum Gasteiger partial charge on any atom is -0.443 e. The number of amides is 1. The van der Waals surface area contributed by atoms with Crippen molar-refractivity contribution in [1.29, 1.82) is 0 Å². The SMILES string of the molecule is CC(C)(C)NC(=O)OC1(C)CCCC1. The molecule has 3 nitrogen and oxygen atoms in total. The van der Waals surface area contributed by atoms with E-state index in [9.17, 15) is 4.79 Å². The van der Waals surface area contributed by atoms with Gasteiger partial charge < -0.3 is 10.1 Å². The van der Waals surface area contributed by atoms with Gasteiger partial charge in [-0.15, -0.1) is 0 Å². The molecule has 82 valence electrons. The van der Waals surface area contributed by atoms with E-state index in [1.54, 1.807) is 0 Å². The van der Waals surface area contributed by atoms with Gasteiger partial charge in [0.05, 0.1) is 0 Å². The van der Waals surface area contributed by atoms with Gasteiger partial charge in [0.2, 0.25) is 0 Å². The van der Waals surface area contributed by atoms with Crippen LogP contribution < -0.4 is 5.32 Å². The topological polar surface area (TPSA) is 38.3 Å². The van der Waals surface area contributed by atoms with E-state index in [1.165, 1.54) is 12.8 Å². The molecular formula is C11H21NO2. The monoisotopic (exact) mass is 199 g/mol. The molecular weight excluding hydrogens is 178 g/mol. The number of rotatable bonds is 1. The first-order valence-electron chi connectivity index (χ1n) is 5.32. The van der Waals surface area contributed by atoms with Crippen LogP contribution in [0.3, 0.4) is 0 Å². The van der Waals surface area contributed by atoms with Crippen LogP contribution in [0.15, 0.2) is 0 Å². The Morgan fingerprint density at radius 3 is 2.21 bits per heavy atom. The van der Waals surface area contributed by atoms with E-state index < -0.39 is 0 Å². The molecule has 0 aromatic heterocycles. The molecule has 0 atom stereocenters. The molecule has 3 heteroatoms. The van der Waals surface area contributed by atoms with Crippen LogP contribution in [-0.4, -0.2) is 17.2 Å². The number of carbonyl (C=O) groups excluding carboxylic acids is 1. The molecule has 0 spiro atoms. The summed E-state index contributed by atoms with van der Waals surface area (Å²) in [6.07, 6.45) is 4.02. The molecule has 0 aromatic carbocycles. The second-order valence-electron chi connectivity index (χ2n) is 5.42. The fraction of sp³-hybridized carbons (Fsp3) is 0.909. The lowest BCUT2D eigenvalue weighted by atomic mass is 10.1. The van der Waals surface area contributed by atoms with Crippen LogP contribution in [0.4, 0.5) is 4.79 Å². The molecule has 0 saturated heterocycles. The molecule has 1 saturated carbocycles. The fourth-order valence-corrected chi connectivity index (χ4v) is 1.78. The normalized spacial score (nSPS) is 20.6. The van der Waals surface area contributed by atoms with Crippen LogP contribution in [0.1, 0.15) is 53.4 Å². The van der Waals surface area contributed by atoms with Crippen molar-refractivity contribution in [1.82, 2.24) is 5.32 Å². The van der Waals surface area contributed by atoms with E-state index in [0.29, 0.717) is 0 Å². The summed E-state index contributed by atoms with van der Waals surface area (Å²) in [6, 6.07) is 0. The highest BCUT2D eigenvalue weighted by Gasteiger charge is 2.33. The Kier molecular flexibility index (Phi) is 3.07. The van der Waals surface area contributed by atoms with Gasteiger partial charge in [-0.05, 0) is 53.4 Å². The van der Waals surface area contributed by atoms with Gasteiger partial charge in [0.1, 0.15) is 5.60 Å². The minimum absolute atomic E-state index is 0.216. The Morgan fingerprint density at radius 1 is 1.29 bits per heavy atom. The molecule has 0 unspecified atom stereocenters. The molecule has 1 amide bonds. The summed E-state index contributed by atoms with van der Waals surface area (Å²) in [7, 11) is 0. The lowest BCUT2D eigenvalue weighted by molar-refractivity contribution is 0.0265. The Morgan fingerprint density at radius 2 is 1.79 bits per heavy atom. The largest absolute Gasteiger partial charge is 0.443 e. The second kappa shape index (κ2) is 3.79. The Balaban J connectivity index is 2.40. The van der Waals surface area contributed by atoms with Gasteiger partial charge in [0.25, 0.3) is 0 Å². The van der Waals surface area contributed by atoms with Crippen molar-refractivity contribution in [2.45, 2.75) is 64.5 Å². The highest BCUT2D eigenvalue weighted by Crippen LogP contribution is 2.32. The number of hydrogen-bond donors (Lipinski definition) is 1. The quantitative estimate of drug-likeness (QED) is 0.705. The third kappa shape index (κ3) is 3.56. The van der Waals surface area contributed by atoms with E-state index in [4.69, 9.17) is 4.74 Å². The summed E-state index contributed by atoms with van der Waals surface area (Å²) in [4.78, 5) is 11.5. The zero-order valence-electron chi connectivity index (χ0n) is 9.64. The zero-order chi connectivity index (χ0) is 10.8. The maximum atomic E-state index is 11.5. The number of carbonyl (C=O) groups is 1. The zero-order valence-corrected chi connectivity index (χ0v) is 9.64. The summed E-state index contributed by atoms with van der Waals surface area (Å²) in [6.45, 7) is 7.87. The molecule has 0 aromatic rings. The highest BCUT2D eigenvalue weighted by molar-refractivity contribution is 5.68. The smallest absolute Gasteiger partial charge is 0.408 e. The lowest BCUT2D eigenvalue weighted by Gasteiger charge is -2.27. The van der Waals surface area contributed by atoms with Crippen molar-refractivity contribution < 1.29 is 9.53 Å². The first-order valence-corrected chi connectivity index (χ1v) is 5.32. The van der Waals surface area contributed by atoms with Crippen molar-refractivity contribution in [2.75, 3.05) is 0 Å². The number of hydrogen-bond acceptors (Lipinski definition) is 2. The third-order valence-corrected chi connectivity index (χ3v) is 2.48. The van der Waals surface area contributed by atoms with Crippen molar-refractivity contribution >= 4 is 6.09 Å². The predicted octanol–water partition coefficient (Wildman–Crippen LogP) is 2.84. The predicted molar refractivity (Wildman–Crippen MR) is 56.2 cm³/mol. The van der Waals surface area contributed by atoms with Gasteiger partial charge in [-0.1, -0.05) is 0 Å². The average Bonchev–Trinajstić information content (AvgIpc) is 2.30. The summed E-state index contributed by atoms with van der Waals surface area (Å²) in [5.41, 5.74) is -0.443. The van der Waals surface area contributed by atoms with Gasteiger partial charge in [0, 0.05) is 5.54 Å². The highest BCUT2D eigenvalue weighted by atomic mass is 16.6. The molecule has 1 N–H and O–H groups in total. The van der Waals surface area contributed by atoms with Gasteiger partial charge in [-0.3, -0.25) is 0 Å². The van der Waals surface area contributed by atoms with Crippen LogP contribution in [0.2, 0.25) is 0 Å². The van der Waals surface area contributed by atoms with Crippen LogP contribution in [0.5, 0.6) is 0 Å². The molecule has 1 aliphatic rings. The molecule has 14 heavy (non-hydrogen) atoms. The maximum Gasteiger partial charge on any atom is 0.408 e. The van der Waals surface area contributed by atoms with Gasteiger partial charge in [-0.2, -0.15) is 0 Å². The minimum atomic E-state index is -0.290. The van der Waals surface area contributed by atoms with E-state index in [1.807, 2.05) is 27.7 Å². The van der Waals surface area contributed by atoms with Crippen LogP contribution in [-0.2, 0) is 4.74 Å². The van der Waals surface area contributed by atoms with E-state index in [-0.39, 0.29) is 17.2 Å². The summed E-state index contributed by atoms with van der Waals surface area (Å²) >= 11 is 0. The fourth-order valence-electron chi connectivity index (χ4n) is 1.78. The van der Waals surface area contributed by atoms with E-state index >= 15 is 0 Å². The van der Waals surface area contributed by atoms with Gasteiger partial charge in [-0.25, -0.2) is 4.79 Å². The van der Waals surface area contributed by atoms with Crippen molar-refractivity contribution in [3.63, 3.8) is 0 Å². The number of nitrogens with one attached hydrogen (secondary N) is 1. The van der Waals surface area contributed by atoms with Crippen molar-refractivity contribution in [3.8, 4) is 0 Å². The average molecular weight is 199 g/mol. The third-order valence-electron chi connectivity index (χ3n) is 2.48. The lowest BCUT2D eigenvalue weighted by Crippen LogP contribution is -2.44. The molecule has 0 heterocycles. The first kappa shape index (κ1) is 11.3. The van der Waals surface area contributed by atoms with Gasteiger partial charge >= 0.3 is 6.09 Å². The number of alkyl carbamates (subject to hydrolysis) is 1. The summed E-state index contributed by atoms with van der Waals surface area (Å²) < 4.78 is 5.42. The van der Waals surface area contributed by atoms with E-state index in [2.05, 4.69) is 5.32 Å². The van der Waals surface area contributed by atoms with E-state index in [0.717, 1.165) is 12.8 Å². The Labute approximate surface area is 86.2 Å². The molecule has 0 aliphatic heterocycles. The molecule has 1 rings (SSSR count). The first-order chi connectivity index (χ1) is 6.31. The molecule has 0 bridgehead atoms. The molecule has 0 radical (unpaired) electrons. The van der Waals surface area contributed by atoms with Crippen molar-refractivity contribution in [2.24, 2.45) is 0 Å². The molecule has 1 fully saturated rings.